The molecule has 1 aromatic carbocycles. The molecule has 0 unspecified atom stereocenters. The minimum atomic E-state index is -0.156. The first-order chi connectivity index (χ1) is 8.75. The molecule has 0 saturated heterocycles. The summed E-state index contributed by atoms with van der Waals surface area (Å²) in [4.78, 5) is 15.9. The van der Waals surface area contributed by atoms with Crippen molar-refractivity contribution in [3.63, 3.8) is 0 Å². The first-order valence-corrected chi connectivity index (χ1v) is 5.43. The van der Waals surface area contributed by atoms with Crippen molar-refractivity contribution in [2.75, 3.05) is 0 Å². The zero-order valence-corrected chi connectivity index (χ0v) is 9.33. The van der Waals surface area contributed by atoms with Crippen LogP contribution in [0.25, 0.3) is 22.4 Å². The van der Waals surface area contributed by atoms with Gasteiger partial charge in [-0.15, -0.1) is 0 Å². The Morgan fingerprint density at radius 2 is 1.94 bits per heavy atom. The Bertz CT molecular complexity index is 777. The van der Waals surface area contributed by atoms with E-state index < -0.39 is 0 Å². The highest BCUT2D eigenvalue weighted by Crippen LogP contribution is 2.27. The molecule has 3 aromatic rings. The van der Waals surface area contributed by atoms with Crippen LogP contribution in [0.3, 0.4) is 0 Å². The highest BCUT2D eigenvalue weighted by atomic mass is 16.3. The molecule has 0 aliphatic rings. The van der Waals surface area contributed by atoms with Crippen LogP contribution >= 0.6 is 0 Å². The van der Waals surface area contributed by atoms with Gasteiger partial charge in [0.1, 0.15) is 17.0 Å². The van der Waals surface area contributed by atoms with Crippen LogP contribution in [-0.4, -0.2) is 10.1 Å². The lowest BCUT2D eigenvalue weighted by molar-refractivity contribution is 0.471. The standard InChI is InChI=1S/C14H9NO3/c16-10-5-3-7-15-14(10)13-8-11(17)9-4-1-2-6-12(9)18-13/h1-8,16H. The lowest BCUT2D eigenvalue weighted by Gasteiger charge is -2.03. The number of fused-ring (bicyclic) bond motifs is 1. The van der Waals surface area contributed by atoms with E-state index in [2.05, 4.69) is 4.98 Å². The van der Waals surface area contributed by atoms with Crippen LogP contribution in [0.1, 0.15) is 0 Å². The number of nitrogens with zero attached hydrogens (tertiary/aromatic N) is 1. The van der Waals surface area contributed by atoms with Crippen molar-refractivity contribution in [1.29, 1.82) is 0 Å². The first-order valence-electron chi connectivity index (χ1n) is 5.43. The van der Waals surface area contributed by atoms with Gasteiger partial charge in [0.15, 0.2) is 11.2 Å². The molecule has 2 aromatic heterocycles. The number of rotatable bonds is 1. The summed E-state index contributed by atoms with van der Waals surface area (Å²) in [5.74, 6) is 0.243. The van der Waals surface area contributed by atoms with Gasteiger partial charge in [-0.1, -0.05) is 12.1 Å². The molecule has 0 saturated carbocycles. The van der Waals surface area contributed by atoms with E-state index >= 15 is 0 Å². The van der Waals surface area contributed by atoms with Gasteiger partial charge in [-0.25, -0.2) is 4.98 Å². The predicted octanol–water partition coefficient (Wildman–Crippen LogP) is 2.56. The molecule has 2 heterocycles. The molecule has 0 amide bonds. The Kier molecular flexibility index (Phi) is 2.34. The fourth-order valence-corrected chi connectivity index (χ4v) is 1.81. The van der Waals surface area contributed by atoms with E-state index in [-0.39, 0.29) is 22.6 Å². The third-order valence-electron chi connectivity index (χ3n) is 2.65. The SMILES string of the molecule is O=c1cc(-c2ncccc2O)oc2ccccc12. The minimum absolute atomic E-state index is 0.0177. The maximum atomic E-state index is 11.9. The van der Waals surface area contributed by atoms with Gasteiger partial charge in [0, 0.05) is 12.3 Å². The summed E-state index contributed by atoms with van der Waals surface area (Å²) in [6.07, 6.45) is 1.53. The smallest absolute Gasteiger partial charge is 0.193 e. The van der Waals surface area contributed by atoms with Crippen molar-refractivity contribution < 1.29 is 9.52 Å². The van der Waals surface area contributed by atoms with Crippen molar-refractivity contribution in [3.05, 3.63) is 58.9 Å². The van der Waals surface area contributed by atoms with Crippen molar-refractivity contribution >= 4 is 11.0 Å². The minimum Gasteiger partial charge on any atom is -0.506 e. The zero-order chi connectivity index (χ0) is 12.5. The highest BCUT2D eigenvalue weighted by Gasteiger charge is 2.10. The summed E-state index contributed by atoms with van der Waals surface area (Å²) in [5, 5.41) is 10.2. The summed E-state index contributed by atoms with van der Waals surface area (Å²) in [6, 6.07) is 11.4. The van der Waals surface area contributed by atoms with Crippen LogP contribution in [0.5, 0.6) is 5.75 Å². The summed E-state index contributed by atoms with van der Waals surface area (Å²) in [5.41, 5.74) is 0.585. The summed E-state index contributed by atoms with van der Waals surface area (Å²) >= 11 is 0. The Labute approximate surface area is 102 Å². The van der Waals surface area contributed by atoms with Gasteiger partial charge < -0.3 is 9.52 Å². The van der Waals surface area contributed by atoms with Crippen molar-refractivity contribution in [2.24, 2.45) is 0 Å². The van der Waals surface area contributed by atoms with Crippen LogP contribution in [-0.2, 0) is 0 Å². The molecule has 4 nitrogen and oxygen atoms in total. The number of aromatic hydroxyl groups is 1. The number of pyridine rings is 1. The normalized spacial score (nSPS) is 10.7. The molecule has 0 atom stereocenters. The van der Waals surface area contributed by atoms with Crippen LogP contribution in [0, 0.1) is 0 Å². The second-order valence-electron chi connectivity index (χ2n) is 3.84. The lowest BCUT2D eigenvalue weighted by atomic mass is 10.2. The Balaban J connectivity index is 2.32. The fourth-order valence-electron chi connectivity index (χ4n) is 1.81. The van der Waals surface area contributed by atoms with Gasteiger partial charge in [-0.3, -0.25) is 4.79 Å². The van der Waals surface area contributed by atoms with Gasteiger partial charge in [0.25, 0.3) is 0 Å². The Morgan fingerprint density at radius 1 is 1.11 bits per heavy atom. The lowest BCUT2D eigenvalue weighted by Crippen LogP contribution is -2.00. The molecule has 18 heavy (non-hydrogen) atoms. The molecule has 0 aliphatic heterocycles. The van der Waals surface area contributed by atoms with E-state index in [0.717, 1.165) is 0 Å². The number of hydrogen-bond acceptors (Lipinski definition) is 4. The Hall–Kier alpha value is -2.62. The molecular weight excluding hydrogens is 230 g/mol. The van der Waals surface area contributed by atoms with Gasteiger partial charge in [0.05, 0.1) is 5.39 Å². The highest BCUT2D eigenvalue weighted by molar-refractivity contribution is 5.78. The van der Waals surface area contributed by atoms with E-state index in [4.69, 9.17) is 4.42 Å². The number of para-hydroxylation sites is 1. The average Bonchev–Trinajstić information content (AvgIpc) is 2.39. The second kappa shape index (κ2) is 4.00. The van der Waals surface area contributed by atoms with Gasteiger partial charge in [-0.05, 0) is 24.3 Å². The summed E-state index contributed by atoms with van der Waals surface area (Å²) < 4.78 is 5.59. The van der Waals surface area contributed by atoms with E-state index in [9.17, 15) is 9.90 Å². The van der Waals surface area contributed by atoms with Crippen LogP contribution < -0.4 is 5.43 Å². The molecule has 88 valence electrons. The predicted molar refractivity (Wildman–Crippen MR) is 67.4 cm³/mol. The molecule has 4 heteroatoms. The van der Waals surface area contributed by atoms with Gasteiger partial charge in [-0.2, -0.15) is 0 Å². The molecule has 3 rings (SSSR count). The largest absolute Gasteiger partial charge is 0.506 e. The quantitative estimate of drug-likeness (QED) is 0.708. The van der Waals surface area contributed by atoms with E-state index in [1.54, 1.807) is 30.3 Å². The van der Waals surface area contributed by atoms with Crippen LogP contribution in [0.15, 0.2) is 57.9 Å². The molecular formula is C14H9NO3. The summed E-state index contributed by atoms with van der Waals surface area (Å²) in [7, 11) is 0. The zero-order valence-electron chi connectivity index (χ0n) is 9.33. The van der Waals surface area contributed by atoms with Crippen LogP contribution in [0.4, 0.5) is 0 Å². The van der Waals surface area contributed by atoms with Crippen molar-refractivity contribution in [2.45, 2.75) is 0 Å². The number of benzene rings is 1. The number of hydrogen-bond donors (Lipinski definition) is 1. The van der Waals surface area contributed by atoms with Gasteiger partial charge >= 0.3 is 0 Å². The van der Waals surface area contributed by atoms with E-state index in [1.165, 1.54) is 18.3 Å². The first kappa shape index (κ1) is 10.5. The van der Waals surface area contributed by atoms with Gasteiger partial charge in [0.2, 0.25) is 0 Å². The molecule has 1 N–H and O–H groups in total. The van der Waals surface area contributed by atoms with E-state index in [0.29, 0.717) is 11.0 Å². The molecule has 0 spiro atoms. The molecule has 0 fully saturated rings. The van der Waals surface area contributed by atoms with Crippen LogP contribution in [0.2, 0.25) is 0 Å². The van der Waals surface area contributed by atoms with Crippen molar-refractivity contribution in [1.82, 2.24) is 4.98 Å². The molecule has 0 aliphatic carbocycles. The third kappa shape index (κ3) is 1.64. The average molecular weight is 239 g/mol. The molecule has 0 radical (unpaired) electrons. The fraction of sp³-hybridized carbons (Fsp3) is 0. The maximum absolute atomic E-state index is 11.9. The second-order valence-corrected chi connectivity index (χ2v) is 3.84. The summed E-state index contributed by atoms with van der Waals surface area (Å²) in [6.45, 7) is 0. The van der Waals surface area contributed by atoms with E-state index in [1.807, 2.05) is 0 Å². The Morgan fingerprint density at radius 3 is 2.78 bits per heavy atom. The topological polar surface area (TPSA) is 63.3 Å². The third-order valence-corrected chi connectivity index (χ3v) is 2.65. The molecule has 0 bridgehead atoms. The van der Waals surface area contributed by atoms with Crippen molar-refractivity contribution in [3.8, 4) is 17.2 Å². The number of aromatic nitrogens is 1. The maximum Gasteiger partial charge on any atom is 0.193 e. The monoisotopic (exact) mass is 239 g/mol.